The van der Waals surface area contributed by atoms with Crippen molar-refractivity contribution < 1.29 is 38.8 Å². The predicted octanol–water partition coefficient (Wildman–Crippen LogP) is 2.17. The zero-order valence-corrected chi connectivity index (χ0v) is 18.7. The summed E-state index contributed by atoms with van der Waals surface area (Å²) >= 11 is 0. The molecule has 2 heterocycles. The Hall–Kier alpha value is -3.37. The number of hydrogen-bond acceptors (Lipinski definition) is 6. The largest absolute Gasteiger partial charge is 0.497 e. The van der Waals surface area contributed by atoms with E-state index in [2.05, 4.69) is 0 Å². The molecular weight excluding hydrogens is 447 g/mol. The maximum atomic E-state index is 14.9. The van der Waals surface area contributed by atoms with Crippen molar-refractivity contribution in [2.45, 2.75) is 37.5 Å². The number of carbonyl (C=O) groups is 2. The number of likely N-dealkylation sites (tertiary alicyclic amines) is 1. The van der Waals surface area contributed by atoms with E-state index in [0.717, 1.165) is 10.5 Å². The lowest BCUT2D eigenvalue weighted by molar-refractivity contribution is -0.132. The number of amides is 2. The van der Waals surface area contributed by atoms with Crippen LogP contribution in [0, 0.1) is 5.82 Å². The summed E-state index contributed by atoms with van der Waals surface area (Å²) in [6.07, 6.45) is -2.07. The van der Waals surface area contributed by atoms with E-state index in [1.54, 1.807) is 31.4 Å². The van der Waals surface area contributed by atoms with Crippen molar-refractivity contribution in [3.63, 3.8) is 0 Å². The van der Waals surface area contributed by atoms with Crippen molar-refractivity contribution in [3.8, 4) is 11.5 Å². The van der Waals surface area contributed by atoms with Crippen LogP contribution in [-0.2, 0) is 17.8 Å². The van der Waals surface area contributed by atoms with Crippen LogP contribution < -0.4 is 14.4 Å². The lowest BCUT2D eigenvalue weighted by Gasteiger charge is -2.40. The third-order valence-corrected chi connectivity index (χ3v) is 6.43. The van der Waals surface area contributed by atoms with Crippen LogP contribution in [0.25, 0.3) is 0 Å². The summed E-state index contributed by atoms with van der Waals surface area (Å²) in [5.41, 5.74) is -0.206. The van der Waals surface area contributed by atoms with E-state index in [4.69, 9.17) is 14.6 Å². The number of nitrogens with zero attached hydrogens (tertiary/aromatic N) is 2. The van der Waals surface area contributed by atoms with E-state index in [1.807, 2.05) is 0 Å². The highest BCUT2D eigenvalue weighted by Crippen LogP contribution is 2.38. The zero-order chi connectivity index (χ0) is 24.5. The number of aliphatic hydroxyl groups is 2. The van der Waals surface area contributed by atoms with Crippen molar-refractivity contribution in [2.24, 2.45) is 0 Å². The van der Waals surface area contributed by atoms with Crippen molar-refractivity contribution in [2.75, 3.05) is 31.7 Å². The van der Waals surface area contributed by atoms with Crippen LogP contribution in [0.5, 0.6) is 11.5 Å². The number of piperidine rings is 1. The van der Waals surface area contributed by atoms with Gasteiger partial charge in [0.05, 0.1) is 25.9 Å². The Labute approximate surface area is 195 Å². The first kappa shape index (κ1) is 23.8. The number of anilines is 1. The number of benzene rings is 2. The number of methoxy groups -OCH3 is 1. The molecule has 0 bridgehead atoms. The molecule has 3 N–H and O–H groups in total. The number of carboxylic acid groups (broad SMARTS) is 1. The smallest absolute Gasteiger partial charge is 0.407 e. The Balaban J connectivity index is 1.55. The average molecular weight is 474 g/mol. The van der Waals surface area contributed by atoms with Crippen LogP contribution in [-0.4, -0.2) is 70.7 Å². The molecule has 2 atom stereocenters. The maximum absolute atomic E-state index is 14.9. The van der Waals surface area contributed by atoms with E-state index >= 15 is 0 Å². The van der Waals surface area contributed by atoms with Crippen LogP contribution in [0.15, 0.2) is 36.4 Å². The summed E-state index contributed by atoms with van der Waals surface area (Å²) < 4.78 is 25.9. The second kappa shape index (κ2) is 9.47. The molecule has 9 nitrogen and oxygen atoms in total. The molecule has 0 aliphatic carbocycles. The first-order chi connectivity index (χ1) is 16.2. The van der Waals surface area contributed by atoms with Gasteiger partial charge in [0, 0.05) is 18.5 Å². The number of β-amino-alcohol motifs (C(OH)–C–C–N with tert-alkyl or cyclic N) is 1. The number of hydrogen-bond donors (Lipinski definition) is 3. The van der Waals surface area contributed by atoms with Gasteiger partial charge in [-0.15, -0.1) is 0 Å². The van der Waals surface area contributed by atoms with Crippen LogP contribution in [0.1, 0.15) is 24.0 Å². The Morgan fingerprint density at radius 2 is 1.94 bits per heavy atom. The Morgan fingerprint density at radius 3 is 2.59 bits per heavy atom. The third-order valence-electron chi connectivity index (χ3n) is 6.43. The fourth-order valence-corrected chi connectivity index (χ4v) is 4.34. The fourth-order valence-electron chi connectivity index (χ4n) is 4.34. The second-order valence-corrected chi connectivity index (χ2v) is 8.59. The standard InChI is InChI=1S/C24H27FN2O7/c1-33-16-4-2-15(3-5-16)12-27-21(29)9-6-17-19(8-7-18(25)22(17)27)34-14-24(32)10-11-26(23(30)31)13-20(24)28/h2-5,7-8,20,28,32H,6,9-14H2,1H3,(H,30,31). The highest BCUT2D eigenvalue weighted by molar-refractivity contribution is 5.97. The van der Waals surface area contributed by atoms with Crippen molar-refractivity contribution in [1.29, 1.82) is 0 Å². The van der Waals surface area contributed by atoms with Crippen LogP contribution in [0.3, 0.4) is 0 Å². The first-order valence-corrected chi connectivity index (χ1v) is 11.0. The number of halogens is 1. The highest BCUT2D eigenvalue weighted by atomic mass is 19.1. The van der Waals surface area contributed by atoms with Crippen LogP contribution in [0.4, 0.5) is 14.9 Å². The molecule has 1 fully saturated rings. The number of aliphatic hydroxyl groups excluding tert-OH is 1. The molecular formula is C24H27FN2O7. The fraction of sp³-hybridized carbons (Fsp3) is 0.417. The van der Waals surface area contributed by atoms with Gasteiger partial charge in [-0.05, 0) is 42.7 Å². The lowest BCUT2D eigenvalue weighted by Crippen LogP contribution is -2.59. The minimum absolute atomic E-state index is 0.00800. The van der Waals surface area contributed by atoms with Crippen molar-refractivity contribution in [1.82, 2.24) is 4.90 Å². The van der Waals surface area contributed by atoms with Crippen molar-refractivity contribution in [3.05, 3.63) is 53.3 Å². The molecule has 10 heteroatoms. The number of carbonyl (C=O) groups excluding carboxylic acids is 1. The molecule has 2 aromatic rings. The van der Waals surface area contributed by atoms with Gasteiger partial charge in [0.1, 0.15) is 35.6 Å². The first-order valence-electron chi connectivity index (χ1n) is 11.0. The molecule has 0 radical (unpaired) electrons. The molecule has 1 saturated heterocycles. The van der Waals surface area contributed by atoms with Gasteiger partial charge in [-0.3, -0.25) is 4.79 Å². The summed E-state index contributed by atoms with van der Waals surface area (Å²) in [5.74, 6) is 0.210. The van der Waals surface area contributed by atoms with Gasteiger partial charge in [0.15, 0.2) is 0 Å². The van der Waals surface area contributed by atoms with Gasteiger partial charge in [0.25, 0.3) is 0 Å². The Kier molecular flexibility index (Phi) is 6.63. The monoisotopic (exact) mass is 474 g/mol. The summed E-state index contributed by atoms with van der Waals surface area (Å²) in [6, 6.07) is 9.79. The Bertz CT molecular complexity index is 1080. The van der Waals surface area contributed by atoms with Gasteiger partial charge in [-0.25, -0.2) is 9.18 Å². The van der Waals surface area contributed by atoms with Gasteiger partial charge < -0.3 is 34.6 Å². The van der Waals surface area contributed by atoms with Crippen LogP contribution >= 0.6 is 0 Å². The van der Waals surface area contributed by atoms with E-state index in [1.165, 1.54) is 17.0 Å². The molecule has 2 amide bonds. The quantitative estimate of drug-likeness (QED) is 0.587. The zero-order valence-electron chi connectivity index (χ0n) is 18.7. The second-order valence-electron chi connectivity index (χ2n) is 8.59. The van der Waals surface area contributed by atoms with Crippen LogP contribution in [0.2, 0.25) is 0 Å². The molecule has 34 heavy (non-hydrogen) atoms. The number of ether oxygens (including phenoxy) is 2. The molecule has 0 saturated carbocycles. The van der Waals surface area contributed by atoms with Crippen molar-refractivity contribution >= 4 is 17.7 Å². The molecule has 0 aromatic heterocycles. The molecule has 2 aliphatic rings. The van der Waals surface area contributed by atoms with E-state index in [9.17, 15) is 24.2 Å². The summed E-state index contributed by atoms with van der Waals surface area (Å²) in [4.78, 5) is 26.2. The summed E-state index contributed by atoms with van der Waals surface area (Å²) in [7, 11) is 1.56. The molecule has 0 spiro atoms. The lowest BCUT2D eigenvalue weighted by atomic mass is 9.89. The molecule has 2 unspecified atom stereocenters. The van der Waals surface area contributed by atoms with Gasteiger partial charge in [-0.2, -0.15) is 0 Å². The SMILES string of the molecule is COc1ccc(CN2C(=O)CCc3c(OCC4(O)CCN(C(=O)O)CC4O)ccc(F)c32)cc1. The number of rotatable bonds is 6. The number of fused-ring (bicyclic) bond motifs is 1. The summed E-state index contributed by atoms with van der Waals surface area (Å²) in [5, 5.41) is 30.3. The van der Waals surface area contributed by atoms with E-state index in [0.29, 0.717) is 17.1 Å². The third kappa shape index (κ3) is 4.64. The highest BCUT2D eigenvalue weighted by Gasteiger charge is 2.43. The van der Waals surface area contributed by atoms with Gasteiger partial charge >= 0.3 is 6.09 Å². The van der Waals surface area contributed by atoms with E-state index in [-0.39, 0.29) is 57.1 Å². The molecule has 2 aliphatic heterocycles. The minimum Gasteiger partial charge on any atom is -0.497 e. The van der Waals surface area contributed by atoms with E-state index < -0.39 is 23.6 Å². The minimum atomic E-state index is -1.65. The maximum Gasteiger partial charge on any atom is 0.407 e. The molecule has 4 rings (SSSR count). The average Bonchev–Trinajstić information content (AvgIpc) is 2.82. The summed E-state index contributed by atoms with van der Waals surface area (Å²) in [6.45, 7) is -0.311. The predicted molar refractivity (Wildman–Crippen MR) is 120 cm³/mol. The Morgan fingerprint density at radius 1 is 1.21 bits per heavy atom. The molecule has 2 aromatic carbocycles. The molecule has 182 valence electrons. The normalized spacial score (nSPS) is 22.4. The topological polar surface area (TPSA) is 120 Å². The van der Waals surface area contributed by atoms with Gasteiger partial charge in [0.2, 0.25) is 5.91 Å². The van der Waals surface area contributed by atoms with Gasteiger partial charge in [-0.1, -0.05) is 12.1 Å².